The molecule has 0 saturated heterocycles. The third-order valence-corrected chi connectivity index (χ3v) is 3.65. The summed E-state index contributed by atoms with van der Waals surface area (Å²) in [5, 5.41) is 5.32. The Morgan fingerprint density at radius 1 is 1.18 bits per heavy atom. The lowest BCUT2D eigenvalue weighted by Gasteiger charge is -2.30. The van der Waals surface area contributed by atoms with Crippen LogP contribution in [-0.2, 0) is 4.79 Å². The highest BCUT2D eigenvalue weighted by molar-refractivity contribution is 9.10. The van der Waals surface area contributed by atoms with Crippen LogP contribution in [0, 0.1) is 0 Å². The second-order valence-electron chi connectivity index (χ2n) is 5.56. The average Bonchev–Trinajstić information content (AvgIpc) is 2.86. The van der Waals surface area contributed by atoms with Gasteiger partial charge in [0.05, 0.1) is 6.54 Å². The zero-order chi connectivity index (χ0) is 16.7. The molecule has 7 heteroatoms. The van der Waals surface area contributed by atoms with Gasteiger partial charge >= 0.3 is 0 Å². The van der Waals surface area contributed by atoms with Crippen LogP contribution in [0.4, 0.5) is 0 Å². The van der Waals surface area contributed by atoms with Gasteiger partial charge in [-0.25, -0.2) is 0 Å². The van der Waals surface area contributed by atoms with Crippen LogP contribution in [0.25, 0.3) is 0 Å². The summed E-state index contributed by atoms with van der Waals surface area (Å²) in [4.78, 5) is 25.7. The number of rotatable bonds is 8. The Hall–Kier alpha value is -1.34. The Morgan fingerprint density at radius 3 is 2.32 bits per heavy atom. The predicted octanol–water partition coefficient (Wildman–Crippen LogP) is 2.01. The largest absolute Gasteiger partial charge is 0.444 e. The second kappa shape index (κ2) is 8.95. The molecule has 0 spiro atoms. The predicted molar refractivity (Wildman–Crippen MR) is 88.7 cm³/mol. The number of hydrogen-bond donors (Lipinski definition) is 2. The molecule has 0 aliphatic heterocycles. The Bertz CT molecular complexity index is 492. The van der Waals surface area contributed by atoms with Gasteiger partial charge in [0.2, 0.25) is 5.91 Å². The average molecular weight is 374 g/mol. The van der Waals surface area contributed by atoms with E-state index >= 15 is 0 Å². The molecule has 1 aromatic rings. The second-order valence-corrected chi connectivity index (χ2v) is 6.34. The molecule has 22 heavy (non-hydrogen) atoms. The van der Waals surface area contributed by atoms with Gasteiger partial charge in [-0.05, 0) is 55.8 Å². The zero-order valence-electron chi connectivity index (χ0n) is 13.5. The number of carbonyl (C=O) groups excluding carboxylic acids is 2. The number of hydrogen-bond acceptors (Lipinski definition) is 4. The fourth-order valence-electron chi connectivity index (χ4n) is 2.18. The van der Waals surface area contributed by atoms with E-state index in [1.807, 2.05) is 0 Å². The SMILES string of the molecule is CC(C)N(CCNC(=O)CNC(=O)c1ccc(Br)o1)C(C)C. The van der Waals surface area contributed by atoms with Crippen molar-refractivity contribution in [1.82, 2.24) is 15.5 Å². The van der Waals surface area contributed by atoms with Crippen molar-refractivity contribution >= 4 is 27.7 Å². The fraction of sp³-hybridized carbons (Fsp3) is 0.600. The molecule has 2 amide bonds. The summed E-state index contributed by atoms with van der Waals surface area (Å²) in [6.07, 6.45) is 0. The monoisotopic (exact) mass is 373 g/mol. The zero-order valence-corrected chi connectivity index (χ0v) is 15.1. The molecule has 0 saturated carbocycles. The van der Waals surface area contributed by atoms with Gasteiger partial charge in [0.15, 0.2) is 10.4 Å². The van der Waals surface area contributed by atoms with Crippen LogP contribution >= 0.6 is 15.9 Å². The van der Waals surface area contributed by atoms with Gasteiger partial charge in [-0.2, -0.15) is 0 Å². The van der Waals surface area contributed by atoms with E-state index in [4.69, 9.17) is 4.42 Å². The molecular formula is C15H24BrN3O3. The summed E-state index contributed by atoms with van der Waals surface area (Å²) in [7, 11) is 0. The summed E-state index contributed by atoms with van der Waals surface area (Å²) in [5.41, 5.74) is 0. The standard InChI is InChI=1S/C15H24BrN3O3/c1-10(2)19(11(3)4)8-7-17-14(20)9-18-15(21)12-5-6-13(16)22-12/h5-6,10-11H,7-9H2,1-4H3,(H,17,20)(H,18,21). The van der Waals surface area contributed by atoms with Crippen LogP contribution in [-0.4, -0.2) is 48.4 Å². The molecule has 1 rings (SSSR count). The number of furan rings is 1. The third-order valence-electron chi connectivity index (χ3n) is 3.23. The van der Waals surface area contributed by atoms with Crippen molar-refractivity contribution in [2.24, 2.45) is 0 Å². The van der Waals surface area contributed by atoms with Crippen LogP contribution in [0.5, 0.6) is 0 Å². The van der Waals surface area contributed by atoms with E-state index in [9.17, 15) is 9.59 Å². The smallest absolute Gasteiger partial charge is 0.287 e. The van der Waals surface area contributed by atoms with Gasteiger partial charge in [0.1, 0.15) is 0 Å². The molecule has 2 N–H and O–H groups in total. The maximum Gasteiger partial charge on any atom is 0.287 e. The van der Waals surface area contributed by atoms with E-state index in [0.29, 0.717) is 23.3 Å². The van der Waals surface area contributed by atoms with Gasteiger partial charge in [-0.3, -0.25) is 14.5 Å². The van der Waals surface area contributed by atoms with Gasteiger partial charge < -0.3 is 15.1 Å². The van der Waals surface area contributed by atoms with Gasteiger partial charge in [-0.15, -0.1) is 0 Å². The number of carbonyl (C=O) groups is 2. The number of nitrogens with zero attached hydrogens (tertiary/aromatic N) is 1. The van der Waals surface area contributed by atoms with Crippen molar-refractivity contribution < 1.29 is 14.0 Å². The van der Waals surface area contributed by atoms with E-state index in [1.54, 1.807) is 12.1 Å². The minimum absolute atomic E-state index is 0.0689. The first-order valence-electron chi connectivity index (χ1n) is 7.37. The Labute approximate surface area is 139 Å². The Morgan fingerprint density at radius 2 is 1.82 bits per heavy atom. The molecule has 6 nitrogen and oxygen atoms in total. The van der Waals surface area contributed by atoms with Crippen LogP contribution in [0.1, 0.15) is 38.2 Å². The summed E-state index contributed by atoms with van der Waals surface area (Å²) in [5.74, 6) is -0.455. The van der Waals surface area contributed by atoms with Crippen LogP contribution in [0.15, 0.2) is 21.2 Å². The number of halogens is 1. The number of amides is 2. The molecule has 0 aromatic carbocycles. The molecule has 0 unspecified atom stereocenters. The highest BCUT2D eigenvalue weighted by atomic mass is 79.9. The molecule has 1 aromatic heterocycles. The first kappa shape index (κ1) is 18.7. The topological polar surface area (TPSA) is 74.6 Å². The lowest BCUT2D eigenvalue weighted by atomic mass is 10.2. The van der Waals surface area contributed by atoms with Gasteiger partial charge in [0, 0.05) is 25.2 Å². The molecule has 0 bridgehead atoms. The third kappa shape index (κ3) is 6.19. The quantitative estimate of drug-likeness (QED) is 0.730. The van der Waals surface area contributed by atoms with Crippen molar-refractivity contribution in [2.75, 3.05) is 19.6 Å². The minimum atomic E-state index is -0.410. The maximum absolute atomic E-state index is 11.7. The van der Waals surface area contributed by atoms with Crippen LogP contribution in [0.2, 0.25) is 0 Å². The van der Waals surface area contributed by atoms with Crippen molar-refractivity contribution in [3.05, 3.63) is 22.6 Å². The Balaban J connectivity index is 2.27. The summed E-state index contributed by atoms with van der Waals surface area (Å²) < 4.78 is 5.59. The molecule has 0 aliphatic carbocycles. The lowest BCUT2D eigenvalue weighted by Crippen LogP contribution is -2.44. The van der Waals surface area contributed by atoms with E-state index in [-0.39, 0.29) is 18.2 Å². The summed E-state index contributed by atoms with van der Waals surface area (Å²) in [6.45, 7) is 9.78. The van der Waals surface area contributed by atoms with Crippen molar-refractivity contribution in [3.63, 3.8) is 0 Å². The van der Waals surface area contributed by atoms with Crippen LogP contribution in [0.3, 0.4) is 0 Å². The van der Waals surface area contributed by atoms with Crippen molar-refractivity contribution in [3.8, 4) is 0 Å². The van der Waals surface area contributed by atoms with E-state index in [1.165, 1.54) is 0 Å². The fourth-order valence-corrected chi connectivity index (χ4v) is 2.49. The lowest BCUT2D eigenvalue weighted by molar-refractivity contribution is -0.120. The van der Waals surface area contributed by atoms with E-state index < -0.39 is 5.91 Å². The normalized spacial score (nSPS) is 11.3. The summed E-state index contributed by atoms with van der Waals surface area (Å²) in [6, 6.07) is 4.02. The maximum atomic E-state index is 11.7. The molecule has 1 heterocycles. The molecule has 0 radical (unpaired) electrons. The van der Waals surface area contributed by atoms with Gasteiger partial charge in [-0.1, -0.05) is 0 Å². The van der Waals surface area contributed by atoms with E-state index in [2.05, 4.69) is 59.2 Å². The van der Waals surface area contributed by atoms with E-state index in [0.717, 1.165) is 6.54 Å². The number of nitrogens with one attached hydrogen (secondary N) is 2. The molecule has 0 fully saturated rings. The minimum Gasteiger partial charge on any atom is -0.444 e. The Kier molecular flexibility index (Phi) is 7.61. The molecular weight excluding hydrogens is 350 g/mol. The highest BCUT2D eigenvalue weighted by Crippen LogP contribution is 2.13. The van der Waals surface area contributed by atoms with Crippen molar-refractivity contribution in [1.29, 1.82) is 0 Å². The highest BCUT2D eigenvalue weighted by Gasteiger charge is 2.14. The van der Waals surface area contributed by atoms with Crippen molar-refractivity contribution in [2.45, 2.75) is 39.8 Å². The molecule has 0 aliphatic rings. The molecule has 0 atom stereocenters. The first-order chi connectivity index (χ1) is 10.3. The first-order valence-corrected chi connectivity index (χ1v) is 8.16. The summed E-state index contributed by atoms with van der Waals surface area (Å²) >= 11 is 3.12. The van der Waals surface area contributed by atoms with Crippen LogP contribution < -0.4 is 10.6 Å². The molecule has 124 valence electrons. The van der Waals surface area contributed by atoms with Gasteiger partial charge in [0.25, 0.3) is 5.91 Å².